The number of hydrogen-bond donors (Lipinski definition) is 1. The van der Waals surface area contributed by atoms with Gasteiger partial charge in [-0.25, -0.2) is 0 Å². The van der Waals surface area contributed by atoms with Gasteiger partial charge in [0.05, 0.1) is 19.3 Å². The van der Waals surface area contributed by atoms with Crippen molar-refractivity contribution in [1.29, 1.82) is 0 Å². The van der Waals surface area contributed by atoms with E-state index in [9.17, 15) is 9.59 Å². The summed E-state index contributed by atoms with van der Waals surface area (Å²) in [4.78, 5) is 41.7. The van der Waals surface area contributed by atoms with E-state index in [2.05, 4.69) is 5.43 Å². The Bertz CT molecular complexity index is 1010. The van der Waals surface area contributed by atoms with Crippen LogP contribution < -0.4 is 14.9 Å². The van der Waals surface area contributed by atoms with Crippen molar-refractivity contribution in [2.75, 3.05) is 7.11 Å². The number of ether oxygens (including phenoxy) is 2. The molecule has 1 N–H and O–H groups in total. The van der Waals surface area contributed by atoms with Crippen LogP contribution in [0.1, 0.15) is 67.3 Å². The third kappa shape index (κ3) is 5.83. The summed E-state index contributed by atoms with van der Waals surface area (Å²) in [7, 11) is 1.64. The minimum absolute atomic E-state index is 0.0228. The van der Waals surface area contributed by atoms with Gasteiger partial charge in [-0.1, -0.05) is 31.2 Å². The molecule has 0 unspecified atom stereocenters. The highest BCUT2D eigenvalue weighted by molar-refractivity contribution is 5.95. The number of rotatable bonds is 7. The van der Waals surface area contributed by atoms with E-state index in [1.54, 1.807) is 19.2 Å². The lowest BCUT2D eigenvalue weighted by molar-refractivity contribution is -0.191. The predicted molar refractivity (Wildman–Crippen MR) is 123 cm³/mol. The molecule has 1 saturated heterocycles. The fourth-order valence-electron chi connectivity index (χ4n) is 4.71. The molecule has 0 radical (unpaired) electrons. The molecule has 4 rings (SSSR count). The zero-order valence-corrected chi connectivity index (χ0v) is 19.5. The Morgan fingerprint density at radius 3 is 2.38 bits per heavy atom. The number of amides is 2. The first-order valence-electron chi connectivity index (χ1n) is 11.5. The Morgan fingerprint density at radius 2 is 1.76 bits per heavy atom. The summed E-state index contributed by atoms with van der Waals surface area (Å²) in [6, 6.07) is 14.8. The minimum Gasteiger partial charge on any atom is -0.493 e. The zero-order chi connectivity index (χ0) is 24.5. The molecule has 2 aromatic rings. The van der Waals surface area contributed by atoms with Crippen molar-refractivity contribution in [2.24, 2.45) is 0 Å². The molecule has 1 aliphatic carbocycles. The average Bonchev–Trinajstić information content (AvgIpc) is 3.47. The largest absolute Gasteiger partial charge is 0.493 e. The maximum atomic E-state index is 12.8. The summed E-state index contributed by atoms with van der Waals surface area (Å²) in [6.07, 6.45) is 6.06. The summed E-state index contributed by atoms with van der Waals surface area (Å²) < 4.78 is 11.8. The standard InChI is InChI=1S/C25H30N2O4.CO2/c1-3-21-20(16-24(28)27(21)26-25(29)17-9-5-4-6-10-17)18-13-14-22(30-2)23(15-18)31-19-11-7-8-12-19;2-1-3/h4-6,9-10,13-15,19-21H,3,7-8,11-12,16H2,1-2H3,(H,26,29);/t20-,21-;/m0./s1. The molecular formula is C26H30N2O6. The molecule has 0 bridgehead atoms. The van der Waals surface area contributed by atoms with E-state index < -0.39 is 0 Å². The summed E-state index contributed by atoms with van der Waals surface area (Å²) in [6.45, 7) is 2.04. The first-order valence-corrected chi connectivity index (χ1v) is 11.5. The van der Waals surface area contributed by atoms with E-state index >= 15 is 0 Å². The van der Waals surface area contributed by atoms with Gasteiger partial charge in [0.25, 0.3) is 5.91 Å². The van der Waals surface area contributed by atoms with Crippen LogP contribution in [0.2, 0.25) is 0 Å². The second-order valence-corrected chi connectivity index (χ2v) is 8.37. The van der Waals surface area contributed by atoms with Crippen LogP contribution in [0.25, 0.3) is 0 Å². The highest BCUT2D eigenvalue weighted by Crippen LogP contribution is 2.40. The summed E-state index contributed by atoms with van der Waals surface area (Å²) in [5.74, 6) is 1.08. The van der Waals surface area contributed by atoms with E-state index in [-0.39, 0.29) is 36.0 Å². The fraction of sp³-hybridized carbons (Fsp3) is 0.423. The normalized spacial score (nSPS) is 19.7. The number of methoxy groups -OCH3 is 1. The average molecular weight is 467 g/mol. The van der Waals surface area contributed by atoms with E-state index in [0.717, 1.165) is 30.6 Å². The zero-order valence-electron chi connectivity index (χ0n) is 19.5. The Labute approximate surface area is 199 Å². The van der Waals surface area contributed by atoms with Crippen LogP contribution in [-0.2, 0) is 14.4 Å². The van der Waals surface area contributed by atoms with E-state index in [4.69, 9.17) is 19.1 Å². The lowest BCUT2D eigenvalue weighted by Gasteiger charge is -2.28. The summed E-state index contributed by atoms with van der Waals surface area (Å²) >= 11 is 0. The van der Waals surface area contributed by atoms with Crippen molar-refractivity contribution >= 4 is 18.0 Å². The van der Waals surface area contributed by atoms with Gasteiger partial charge in [0, 0.05) is 17.9 Å². The van der Waals surface area contributed by atoms with Crippen LogP contribution in [0, 0.1) is 0 Å². The second-order valence-electron chi connectivity index (χ2n) is 8.37. The van der Waals surface area contributed by atoms with Gasteiger partial charge in [-0.2, -0.15) is 9.59 Å². The molecule has 8 heteroatoms. The maximum Gasteiger partial charge on any atom is 0.373 e. The van der Waals surface area contributed by atoms with Crippen molar-refractivity contribution in [3.8, 4) is 11.5 Å². The molecule has 2 atom stereocenters. The first kappa shape index (κ1) is 25.0. The van der Waals surface area contributed by atoms with Gasteiger partial charge < -0.3 is 9.47 Å². The molecule has 1 aliphatic heterocycles. The van der Waals surface area contributed by atoms with Gasteiger partial charge in [0.1, 0.15) is 0 Å². The topological polar surface area (TPSA) is 102 Å². The molecular weight excluding hydrogens is 436 g/mol. The molecule has 2 aliphatic rings. The van der Waals surface area contributed by atoms with Gasteiger partial charge in [-0.05, 0) is 61.9 Å². The fourth-order valence-corrected chi connectivity index (χ4v) is 4.71. The number of nitrogens with one attached hydrogen (secondary N) is 1. The van der Waals surface area contributed by atoms with Crippen molar-refractivity contribution in [2.45, 2.75) is 63.5 Å². The summed E-state index contributed by atoms with van der Waals surface area (Å²) in [5, 5.41) is 1.52. The van der Waals surface area contributed by atoms with Crippen LogP contribution in [0.5, 0.6) is 11.5 Å². The van der Waals surface area contributed by atoms with E-state index in [1.165, 1.54) is 17.9 Å². The van der Waals surface area contributed by atoms with Crippen molar-refractivity contribution < 1.29 is 28.7 Å². The quantitative estimate of drug-likeness (QED) is 0.665. The Hall–Kier alpha value is -3.64. The molecule has 180 valence electrons. The van der Waals surface area contributed by atoms with Crippen LogP contribution in [-0.4, -0.2) is 42.2 Å². The minimum atomic E-state index is -0.270. The Kier molecular flexibility index (Phi) is 8.82. The third-order valence-electron chi connectivity index (χ3n) is 6.35. The monoisotopic (exact) mass is 466 g/mol. The van der Waals surface area contributed by atoms with Gasteiger partial charge in [0.15, 0.2) is 11.5 Å². The second kappa shape index (κ2) is 12.0. The third-order valence-corrected chi connectivity index (χ3v) is 6.35. The maximum absolute atomic E-state index is 12.8. The smallest absolute Gasteiger partial charge is 0.373 e. The highest BCUT2D eigenvalue weighted by Gasteiger charge is 2.41. The molecule has 2 fully saturated rings. The van der Waals surface area contributed by atoms with Gasteiger partial charge in [0.2, 0.25) is 5.91 Å². The lowest BCUT2D eigenvalue weighted by Crippen LogP contribution is -2.48. The summed E-state index contributed by atoms with van der Waals surface area (Å²) in [5.41, 5.74) is 4.40. The van der Waals surface area contributed by atoms with Gasteiger partial charge in [-0.15, -0.1) is 0 Å². The molecule has 0 spiro atoms. The van der Waals surface area contributed by atoms with Crippen LogP contribution in [0.15, 0.2) is 48.5 Å². The number of carbonyl (C=O) groups is 2. The van der Waals surface area contributed by atoms with Crippen LogP contribution >= 0.6 is 0 Å². The molecule has 2 amide bonds. The molecule has 1 heterocycles. The number of hydrogen-bond acceptors (Lipinski definition) is 6. The number of carbonyl (C=O) groups excluding carboxylic acids is 4. The molecule has 2 aromatic carbocycles. The number of hydrazine groups is 1. The Balaban J connectivity index is 0.00000103. The van der Waals surface area contributed by atoms with Gasteiger partial charge in [-0.3, -0.25) is 20.0 Å². The number of benzene rings is 2. The Morgan fingerprint density at radius 1 is 1.09 bits per heavy atom. The highest BCUT2D eigenvalue weighted by atomic mass is 16.5. The SMILES string of the molecule is CC[C@H]1[C@H](c2ccc(OC)c(OC3CCCC3)c2)CC(=O)N1NC(=O)c1ccccc1.O=C=O. The molecule has 8 nitrogen and oxygen atoms in total. The van der Waals surface area contributed by atoms with Crippen LogP contribution in [0.3, 0.4) is 0 Å². The molecule has 1 saturated carbocycles. The first-order chi connectivity index (χ1) is 16.5. The van der Waals surface area contributed by atoms with E-state index in [0.29, 0.717) is 17.7 Å². The van der Waals surface area contributed by atoms with Crippen molar-refractivity contribution in [3.63, 3.8) is 0 Å². The lowest BCUT2D eigenvalue weighted by atomic mass is 9.90. The number of nitrogens with zero attached hydrogens (tertiary/aromatic N) is 1. The van der Waals surface area contributed by atoms with Crippen molar-refractivity contribution in [3.05, 3.63) is 59.7 Å². The van der Waals surface area contributed by atoms with Crippen molar-refractivity contribution in [1.82, 2.24) is 10.4 Å². The molecule has 34 heavy (non-hydrogen) atoms. The van der Waals surface area contributed by atoms with Gasteiger partial charge >= 0.3 is 6.15 Å². The van der Waals surface area contributed by atoms with Crippen LogP contribution in [0.4, 0.5) is 0 Å². The molecule has 0 aromatic heterocycles. The van der Waals surface area contributed by atoms with E-state index in [1.807, 2.05) is 43.3 Å². The predicted octanol–water partition coefficient (Wildman–Crippen LogP) is 3.87.